The fourth-order valence-corrected chi connectivity index (χ4v) is 4.69. The van der Waals surface area contributed by atoms with Crippen molar-refractivity contribution in [2.24, 2.45) is 12.8 Å². The number of hydrogen-bond acceptors (Lipinski definition) is 6. The predicted molar refractivity (Wildman–Crippen MR) is 133 cm³/mol. The summed E-state index contributed by atoms with van der Waals surface area (Å²) in [6.45, 7) is 3.75. The maximum absolute atomic E-state index is 13.7. The molecule has 5 heterocycles. The third kappa shape index (κ3) is 3.76. The number of anilines is 1. The van der Waals surface area contributed by atoms with Gasteiger partial charge in [-0.15, -0.1) is 5.92 Å². The molecule has 174 valence electrons. The SMILES string of the molecule is CC#CCn1c(N2CCC[C@@H](N)C2)cc2c1c(=O)n(Cc1ccc3ncccc3n1)c(=O)n2C. The third-order valence-corrected chi connectivity index (χ3v) is 6.41. The van der Waals surface area contributed by atoms with Crippen molar-refractivity contribution < 1.29 is 0 Å². The molecule has 4 aromatic heterocycles. The molecule has 0 amide bonds. The topological polar surface area (TPSA) is 104 Å². The lowest BCUT2D eigenvalue weighted by molar-refractivity contribution is 0.499. The minimum atomic E-state index is -0.383. The summed E-state index contributed by atoms with van der Waals surface area (Å²) >= 11 is 0. The summed E-state index contributed by atoms with van der Waals surface area (Å²) in [6, 6.07) is 9.31. The number of aromatic nitrogens is 5. The first-order valence-corrected chi connectivity index (χ1v) is 11.4. The second-order valence-corrected chi connectivity index (χ2v) is 8.67. The van der Waals surface area contributed by atoms with E-state index in [0.717, 1.165) is 36.2 Å². The molecule has 0 aliphatic carbocycles. The highest BCUT2D eigenvalue weighted by Gasteiger charge is 2.24. The van der Waals surface area contributed by atoms with Gasteiger partial charge in [-0.05, 0) is 44.0 Å². The Morgan fingerprint density at radius 3 is 2.82 bits per heavy atom. The average Bonchev–Trinajstić information content (AvgIpc) is 3.23. The summed E-state index contributed by atoms with van der Waals surface area (Å²) in [5.41, 5.74) is 8.65. The van der Waals surface area contributed by atoms with Crippen molar-refractivity contribution in [3.8, 4) is 11.8 Å². The second kappa shape index (κ2) is 8.80. The van der Waals surface area contributed by atoms with E-state index in [4.69, 9.17) is 5.73 Å². The maximum atomic E-state index is 13.7. The largest absolute Gasteiger partial charge is 0.356 e. The van der Waals surface area contributed by atoms with Gasteiger partial charge in [0.15, 0.2) is 0 Å². The van der Waals surface area contributed by atoms with Gasteiger partial charge in [-0.3, -0.25) is 18.9 Å². The highest BCUT2D eigenvalue weighted by Crippen LogP contribution is 2.26. The molecule has 0 unspecified atom stereocenters. The Bertz CT molecular complexity index is 1570. The molecule has 0 radical (unpaired) electrons. The van der Waals surface area contributed by atoms with Gasteiger partial charge < -0.3 is 15.2 Å². The van der Waals surface area contributed by atoms with Crippen LogP contribution in [0.3, 0.4) is 0 Å². The number of pyridine rings is 2. The Morgan fingerprint density at radius 2 is 2.03 bits per heavy atom. The lowest BCUT2D eigenvalue weighted by Crippen LogP contribution is -2.43. The molecule has 9 heteroatoms. The number of nitrogens with two attached hydrogens (primary N) is 1. The summed E-state index contributed by atoms with van der Waals surface area (Å²) < 4.78 is 4.69. The van der Waals surface area contributed by atoms with Gasteiger partial charge in [-0.25, -0.2) is 9.78 Å². The van der Waals surface area contributed by atoms with Crippen LogP contribution < -0.4 is 21.9 Å². The molecule has 2 N–H and O–H groups in total. The van der Waals surface area contributed by atoms with Crippen molar-refractivity contribution >= 4 is 27.9 Å². The molecule has 1 atom stereocenters. The zero-order chi connectivity index (χ0) is 23.8. The van der Waals surface area contributed by atoms with Gasteiger partial charge in [0.2, 0.25) is 0 Å². The Labute approximate surface area is 196 Å². The molecule has 0 aromatic carbocycles. The Morgan fingerprint density at radius 1 is 1.18 bits per heavy atom. The molecule has 0 saturated carbocycles. The molecule has 4 aromatic rings. The van der Waals surface area contributed by atoms with Crippen LogP contribution in [0.1, 0.15) is 25.5 Å². The van der Waals surface area contributed by atoms with Crippen molar-refractivity contribution in [1.82, 2.24) is 23.7 Å². The highest BCUT2D eigenvalue weighted by molar-refractivity contribution is 5.81. The molecular formula is C25H27N7O2. The first-order valence-electron chi connectivity index (χ1n) is 11.4. The highest BCUT2D eigenvalue weighted by atomic mass is 16.2. The smallest absolute Gasteiger partial charge is 0.331 e. The Hall–Kier alpha value is -3.90. The molecule has 0 spiro atoms. The van der Waals surface area contributed by atoms with Gasteiger partial charge in [0.1, 0.15) is 11.3 Å². The van der Waals surface area contributed by atoms with Crippen LogP contribution in [0.5, 0.6) is 0 Å². The number of piperidine rings is 1. The predicted octanol–water partition coefficient (Wildman–Crippen LogP) is 1.44. The van der Waals surface area contributed by atoms with E-state index in [0.29, 0.717) is 29.8 Å². The number of aryl methyl sites for hydroxylation is 1. The monoisotopic (exact) mass is 457 g/mol. The summed E-state index contributed by atoms with van der Waals surface area (Å²) in [4.78, 5) is 38.0. The van der Waals surface area contributed by atoms with E-state index < -0.39 is 0 Å². The standard InChI is InChI=1S/C25H27N7O2/c1-3-4-13-31-22(30-12-6-7-17(26)15-30)14-21-23(31)24(33)32(25(34)29(21)2)16-18-9-10-19-20(28-18)8-5-11-27-19/h5,8-11,14,17H,6-7,12-13,15-16,26H2,1-2H3/t17-/m1/s1. The minimum Gasteiger partial charge on any atom is -0.356 e. The van der Waals surface area contributed by atoms with E-state index in [1.807, 2.05) is 28.8 Å². The summed E-state index contributed by atoms with van der Waals surface area (Å²) in [5, 5.41) is 0. The average molecular weight is 458 g/mol. The fourth-order valence-electron chi connectivity index (χ4n) is 4.69. The summed E-state index contributed by atoms with van der Waals surface area (Å²) in [5.74, 6) is 6.87. The first-order chi connectivity index (χ1) is 16.5. The molecular weight excluding hydrogens is 430 g/mol. The summed E-state index contributed by atoms with van der Waals surface area (Å²) in [7, 11) is 1.69. The lowest BCUT2D eigenvalue weighted by atomic mass is 10.1. The molecule has 5 rings (SSSR count). The number of hydrogen-bond donors (Lipinski definition) is 1. The minimum absolute atomic E-state index is 0.0703. The van der Waals surface area contributed by atoms with E-state index in [9.17, 15) is 9.59 Å². The van der Waals surface area contributed by atoms with E-state index in [1.54, 1.807) is 26.2 Å². The van der Waals surface area contributed by atoms with Gasteiger partial charge in [0.25, 0.3) is 5.56 Å². The van der Waals surface area contributed by atoms with Gasteiger partial charge in [0.05, 0.1) is 35.3 Å². The normalized spacial score (nSPS) is 16.1. The van der Waals surface area contributed by atoms with E-state index in [-0.39, 0.29) is 23.8 Å². The molecule has 1 fully saturated rings. The van der Waals surface area contributed by atoms with Crippen LogP contribution >= 0.6 is 0 Å². The van der Waals surface area contributed by atoms with E-state index in [2.05, 4.69) is 26.7 Å². The van der Waals surface area contributed by atoms with Crippen LogP contribution in [0, 0.1) is 11.8 Å². The van der Waals surface area contributed by atoms with Crippen molar-refractivity contribution in [2.45, 2.75) is 38.9 Å². The van der Waals surface area contributed by atoms with Crippen LogP contribution in [0.15, 0.2) is 46.1 Å². The van der Waals surface area contributed by atoms with Crippen LogP contribution in [0.2, 0.25) is 0 Å². The van der Waals surface area contributed by atoms with Crippen molar-refractivity contribution in [3.63, 3.8) is 0 Å². The van der Waals surface area contributed by atoms with Crippen LogP contribution in [0.4, 0.5) is 5.82 Å². The van der Waals surface area contributed by atoms with Crippen molar-refractivity contribution in [2.75, 3.05) is 18.0 Å². The first kappa shape index (κ1) is 21.9. The van der Waals surface area contributed by atoms with Crippen LogP contribution in [-0.4, -0.2) is 42.8 Å². The van der Waals surface area contributed by atoms with Gasteiger partial charge >= 0.3 is 5.69 Å². The molecule has 9 nitrogen and oxygen atoms in total. The van der Waals surface area contributed by atoms with Gasteiger partial charge in [0, 0.05) is 38.4 Å². The maximum Gasteiger partial charge on any atom is 0.331 e. The molecule has 1 aliphatic heterocycles. The Kier molecular flexibility index (Phi) is 5.67. The molecule has 1 aliphatic rings. The fraction of sp³-hybridized carbons (Fsp3) is 0.360. The molecule has 1 saturated heterocycles. The summed E-state index contributed by atoms with van der Waals surface area (Å²) in [6.07, 6.45) is 3.66. The molecule has 0 bridgehead atoms. The number of nitrogens with zero attached hydrogens (tertiary/aromatic N) is 6. The van der Waals surface area contributed by atoms with Crippen molar-refractivity contribution in [1.29, 1.82) is 0 Å². The van der Waals surface area contributed by atoms with Crippen LogP contribution in [-0.2, 0) is 20.1 Å². The van der Waals surface area contributed by atoms with E-state index in [1.165, 1.54) is 9.13 Å². The third-order valence-electron chi connectivity index (χ3n) is 6.41. The second-order valence-electron chi connectivity index (χ2n) is 8.67. The van der Waals surface area contributed by atoms with Crippen LogP contribution in [0.25, 0.3) is 22.1 Å². The molecule has 34 heavy (non-hydrogen) atoms. The van der Waals surface area contributed by atoms with Gasteiger partial charge in [-0.1, -0.05) is 5.92 Å². The van der Waals surface area contributed by atoms with Gasteiger partial charge in [-0.2, -0.15) is 0 Å². The Balaban J connectivity index is 1.68. The zero-order valence-corrected chi connectivity index (χ0v) is 19.4. The number of rotatable bonds is 4. The quantitative estimate of drug-likeness (QED) is 0.465. The van der Waals surface area contributed by atoms with Crippen molar-refractivity contribution in [3.05, 3.63) is 63.1 Å². The van der Waals surface area contributed by atoms with E-state index >= 15 is 0 Å². The number of fused-ring (bicyclic) bond motifs is 2. The lowest BCUT2D eigenvalue weighted by Gasteiger charge is -2.32. The zero-order valence-electron chi connectivity index (χ0n) is 19.4.